The van der Waals surface area contributed by atoms with E-state index in [0.717, 1.165) is 4.70 Å². The summed E-state index contributed by atoms with van der Waals surface area (Å²) in [7, 11) is 1.57. The van der Waals surface area contributed by atoms with E-state index in [9.17, 15) is 14.9 Å². The van der Waals surface area contributed by atoms with Gasteiger partial charge in [-0.1, -0.05) is 23.5 Å². The van der Waals surface area contributed by atoms with Crippen LogP contribution in [-0.4, -0.2) is 29.1 Å². The number of non-ortho nitro benzene ring substituents is 1. The molecule has 3 rings (SSSR count). The number of thiazole rings is 1. The van der Waals surface area contributed by atoms with Gasteiger partial charge in [0.15, 0.2) is 4.80 Å². The Morgan fingerprint density at radius 2 is 2.12 bits per heavy atom. The van der Waals surface area contributed by atoms with Crippen LogP contribution in [-0.2, 0) is 11.3 Å². The highest BCUT2D eigenvalue weighted by Crippen LogP contribution is 2.23. The molecule has 9 heteroatoms. The Morgan fingerprint density at radius 1 is 1.35 bits per heavy atom. The Hall–Kier alpha value is -2.36. The summed E-state index contributed by atoms with van der Waals surface area (Å²) in [4.78, 5) is 27.9. The van der Waals surface area contributed by atoms with Crippen LogP contribution in [0, 0.1) is 10.1 Å². The molecule has 1 amide bonds. The average molecular weight is 436 g/mol. The standard InChI is InChI=1S/C17H14BrN3O4S/c1-25-9-8-20-14-10-11(21(23)24)6-7-15(14)26-17(20)19-16(22)12-4-2-3-5-13(12)18/h2-7,10H,8-9H2,1H3. The van der Waals surface area contributed by atoms with Gasteiger partial charge in [-0.3, -0.25) is 14.9 Å². The van der Waals surface area contributed by atoms with Crippen LogP contribution in [0.15, 0.2) is 51.9 Å². The zero-order valence-corrected chi connectivity index (χ0v) is 16.1. The van der Waals surface area contributed by atoms with Crippen molar-refractivity contribution in [3.63, 3.8) is 0 Å². The largest absolute Gasteiger partial charge is 0.383 e. The van der Waals surface area contributed by atoms with Crippen molar-refractivity contribution in [1.82, 2.24) is 4.57 Å². The molecule has 1 aromatic heterocycles. The molecule has 0 saturated heterocycles. The molecule has 3 aromatic rings. The third kappa shape index (κ3) is 3.74. The first-order chi connectivity index (χ1) is 12.5. The van der Waals surface area contributed by atoms with Gasteiger partial charge in [0.05, 0.1) is 27.3 Å². The Balaban J connectivity index is 2.16. The molecule has 0 radical (unpaired) electrons. The fourth-order valence-corrected chi connectivity index (χ4v) is 3.93. The number of benzene rings is 2. The predicted molar refractivity (Wildman–Crippen MR) is 102 cm³/mol. The van der Waals surface area contributed by atoms with E-state index in [1.54, 1.807) is 35.9 Å². The van der Waals surface area contributed by atoms with Crippen LogP contribution in [0.2, 0.25) is 0 Å². The molecular weight excluding hydrogens is 422 g/mol. The van der Waals surface area contributed by atoms with Crippen molar-refractivity contribution in [3.8, 4) is 0 Å². The number of nitrogens with zero attached hydrogens (tertiary/aromatic N) is 3. The molecule has 0 unspecified atom stereocenters. The molecule has 0 fully saturated rings. The van der Waals surface area contributed by atoms with Crippen molar-refractivity contribution in [1.29, 1.82) is 0 Å². The molecule has 0 saturated carbocycles. The van der Waals surface area contributed by atoms with Gasteiger partial charge >= 0.3 is 0 Å². The van der Waals surface area contributed by atoms with Gasteiger partial charge in [0, 0.05) is 30.3 Å². The fourth-order valence-electron chi connectivity index (χ4n) is 2.44. The first-order valence-corrected chi connectivity index (χ1v) is 9.22. The lowest BCUT2D eigenvalue weighted by atomic mass is 10.2. The van der Waals surface area contributed by atoms with Crippen molar-refractivity contribution in [2.45, 2.75) is 6.54 Å². The van der Waals surface area contributed by atoms with Crippen LogP contribution in [0.4, 0.5) is 5.69 Å². The van der Waals surface area contributed by atoms with Gasteiger partial charge in [-0.15, -0.1) is 0 Å². The van der Waals surface area contributed by atoms with Gasteiger partial charge in [0.25, 0.3) is 11.6 Å². The fraction of sp³-hybridized carbons (Fsp3) is 0.176. The lowest BCUT2D eigenvalue weighted by Gasteiger charge is -2.04. The molecule has 134 valence electrons. The number of rotatable bonds is 5. The Morgan fingerprint density at radius 3 is 2.81 bits per heavy atom. The van der Waals surface area contributed by atoms with Crippen molar-refractivity contribution in [2.75, 3.05) is 13.7 Å². The number of nitro benzene ring substituents is 1. The second kappa shape index (κ2) is 7.90. The van der Waals surface area contributed by atoms with Gasteiger partial charge in [0.2, 0.25) is 0 Å². The number of nitro groups is 1. The third-order valence-electron chi connectivity index (χ3n) is 3.70. The molecule has 0 N–H and O–H groups in total. The van der Waals surface area contributed by atoms with Crippen LogP contribution in [0.3, 0.4) is 0 Å². The summed E-state index contributed by atoms with van der Waals surface area (Å²) in [6.07, 6.45) is 0. The highest BCUT2D eigenvalue weighted by molar-refractivity contribution is 9.10. The number of carbonyl (C=O) groups is 1. The molecule has 0 aliphatic carbocycles. The first kappa shape index (κ1) is 18.4. The monoisotopic (exact) mass is 435 g/mol. The lowest BCUT2D eigenvalue weighted by molar-refractivity contribution is -0.384. The summed E-state index contributed by atoms with van der Waals surface area (Å²) in [5.74, 6) is -0.385. The maximum Gasteiger partial charge on any atom is 0.280 e. The number of amides is 1. The van der Waals surface area contributed by atoms with Gasteiger partial charge in [-0.05, 0) is 34.1 Å². The van der Waals surface area contributed by atoms with Crippen molar-refractivity contribution in [3.05, 3.63) is 67.4 Å². The number of hydrogen-bond acceptors (Lipinski definition) is 5. The highest BCUT2D eigenvalue weighted by atomic mass is 79.9. The number of hydrogen-bond donors (Lipinski definition) is 0. The summed E-state index contributed by atoms with van der Waals surface area (Å²) >= 11 is 4.66. The maximum absolute atomic E-state index is 12.6. The zero-order chi connectivity index (χ0) is 18.7. The zero-order valence-electron chi connectivity index (χ0n) is 13.7. The Labute approximate surface area is 160 Å². The van der Waals surface area contributed by atoms with E-state index in [2.05, 4.69) is 20.9 Å². The summed E-state index contributed by atoms with van der Waals surface area (Å²) in [5.41, 5.74) is 1.10. The van der Waals surface area contributed by atoms with Crippen molar-refractivity contribution >= 4 is 49.1 Å². The topological polar surface area (TPSA) is 86.7 Å². The molecule has 7 nitrogen and oxygen atoms in total. The van der Waals surface area contributed by atoms with E-state index in [1.807, 2.05) is 6.07 Å². The highest BCUT2D eigenvalue weighted by Gasteiger charge is 2.14. The van der Waals surface area contributed by atoms with E-state index in [4.69, 9.17) is 4.74 Å². The van der Waals surface area contributed by atoms with Crippen molar-refractivity contribution < 1.29 is 14.5 Å². The van der Waals surface area contributed by atoms with E-state index < -0.39 is 4.92 Å². The van der Waals surface area contributed by atoms with Gasteiger partial charge < -0.3 is 9.30 Å². The van der Waals surface area contributed by atoms with Gasteiger partial charge in [-0.25, -0.2) is 0 Å². The summed E-state index contributed by atoms with van der Waals surface area (Å²) in [5, 5.41) is 11.1. The number of halogens is 1. The molecule has 1 heterocycles. The average Bonchev–Trinajstić information content (AvgIpc) is 2.96. The molecule has 0 aliphatic heterocycles. The van der Waals surface area contributed by atoms with Crippen LogP contribution in [0.1, 0.15) is 10.4 Å². The van der Waals surface area contributed by atoms with Crippen molar-refractivity contribution in [2.24, 2.45) is 4.99 Å². The summed E-state index contributed by atoms with van der Waals surface area (Å²) in [6, 6.07) is 11.6. The van der Waals surface area contributed by atoms with Crippen LogP contribution < -0.4 is 4.80 Å². The predicted octanol–water partition coefficient (Wildman–Crippen LogP) is 3.76. The number of carbonyl (C=O) groups excluding carboxylic acids is 1. The van der Waals surface area contributed by atoms with E-state index in [0.29, 0.717) is 33.5 Å². The second-order valence-corrected chi connectivity index (χ2v) is 7.20. The Kier molecular flexibility index (Phi) is 5.60. The molecule has 2 aromatic carbocycles. The van der Waals surface area contributed by atoms with E-state index in [1.165, 1.54) is 23.5 Å². The quantitative estimate of drug-likeness (QED) is 0.450. The van der Waals surface area contributed by atoms with Gasteiger partial charge in [0.1, 0.15) is 0 Å². The smallest absolute Gasteiger partial charge is 0.280 e. The molecular formula is C17H14BrN3O4S. The summed E-state index contributed by atoms with van der Waals surface area (Å²) in [6.45, 7) is 0.824. The SMILES string of the molecule is COCCn1c(=NC(=O)c2ccccc2Br)sc2ccc([N+](=O)[O-])cc21. The van der Waals surface area contributed by atoms with Crippen LogP contribution >= 0.6 is 27.3 Å². The van der Waals surface area contributed by atoms with Crippen LogP contribution in [0.5, 0.6) is 0 Å². The Bertz CT molecular complexity index is 1060. The minimum Gasteiger partial charge on any atom is -0.383 e. The minimum atomic E-state index is -0.444. The summed E-state index contributed by atoms with van der Waals surface area (Å²) < 4.78 is 8.36. The van der Waals surface area contributed by atoms with Crippen LogP contribution in [0.25, 0.3) is 10.2 Å². The number of fused-ring (bicyclic) bond motifs is 1. The van der Waals surface area contributed by atoms with E-state index in [-0.39, 0.29) is 11.6 Å². The molecule has 0 spiro atoms. The number of methoxy groups -OCH3 is 1. The molecule has 0 bridgehead atoms. The second-order valence-electron chi connectivity index (χ2n) is 5.34. The molecule has 0 atom stereocenters. The number of ether oxygens (including phenoxy) is 1. The van der Waals surface area contributed by atoms with Gasteiger partial charge in [-0.2, -0.15) is 4.99 Å². The lowest BCUT2D eigenvalue weighted by Crippen LogP contribution is -2.19. The minimum absolute atomic E-state index is 0.00912. The maximum atomic E-state index is 12.6. The first-order valence-electron chi connectivity index (χ1n) is 7.61. The third-order valence-corrected chi connectivity index (χ3v) is 5.45. The molecule has 26 heavy (non-hydrogen) atoms. The normalized spacial score (nSPS) is 11.8. The number of aromatic nitrogens is 1. The molecule has 0 aliphatic rings. The van der Waals surface area contributed by atoms with E-state index >= 15 is 0 Å².